The van der Waals surface area contributed by atoms with Crippen LogP contribution in [0.4, 0.5) is 0 Å². The largest absolute Gasteiger partial charge is 0.494 e. The minimum atomic E-state index is -0.410. The summed E-state index contributed by atoms with van der Waals surface area (Å²) in [5.41, 5.74) is 5.07. The summed E-state index contributed by atoms with van der Waals surface area (Å²) in [6.07, 6.45) is 0.851. The first kappa shape index (κ1) is 20.5. The van der Waals surface area contributed by atoms with Gasteiger partial charge in [0.1, 0.15) is 17.0 Å². The zero-order valence-electron chi connectivity index (χ0n) is 19.7. The van der Waals surface area contributed by atoms with Crippen LogP contribution in [0.15, 0.2) is 65.1 Å². The molecule has 3 heterocycles. The monoisotopic (exact) mass is 438 g/mol. The number of para-hydroxylation sites is 2. The molecular weight excluding hydrogens is 411 g/mol. The molecule has 1 fully saturated rings. The molecule has 0 saturated carbocycles. The van der Waals surface area contributed by atoms with Crippen molar-refractivity contribution in [1.29, 1.82) is 0 Å². The highest BCUT2D eigenvalue weighted by atomic mass is 16.7. The van der Waals surface area contributed by atoms with E-state index in [9.17, 15) is 0 Å². The molecule has 0 spiro atoms. The Bertz CT molecular complexity index is 1510. The SMILES string of the molecule is CCc1nc2ccccc2n1-c1ccc2c(c1)oc1cc(B3OC(C)(C)C(C)(C)O3)ccc12. The summed E-state index contributed by atoms with van der Waals surface area (Å²) in [7, 11) is -0.410. The van der Waals surface area contributed by atoms with Gasteiger partial charge in [0.05, 0.1) is 27.9 Å². The Kier molecular flexibility index (Phi) is 4.32. The van der Waals surface area contributed by atoms with Crippen LogP contribution in [0.25, 0.3) is 38.7 Å². The van der Waals surface area contributed by atoms with E-state index in [2.05, 4.69) is 87.7 Å². The third-order valence-electron chi connectivity index (χ3n) is 7.21. The quantitative estimate of drug-likeness (QED) is 0.335. The standard InChI is InChI=1S/C27H27BN2O3/c1-6-25-29-21-9-7-8-10-22(21)30(25)18-12-14-20-19-13-11-17(15-23(19)31-24(20)16-18)28-32-26(2,3)27(4,5)33-28/h7-16H,6H2,1-5H3. The third kappa shape index (κ3) is 3.05. The van der Waals surface area contributed by atoms with Gasteiger partial charge in [0.25, 0.3) is 0 Å². The predicted octanol–water partition coefficient (Wildman–Crippen LogP) is 5.79. The van der Waals surface area contributed by atoms with Gasteiger partial charge in [-0.25, -0.2) is 4.98 Å². The molecular formula is C27H27BN2O3. The third-order valence-corrected chi connectivity index (χ3v) is 7.21. The topological polar surface area (TPSA) is 49.4 Å². The number of nitrogens with zero attached hydrogens (tertiary/aromatic N) is 2. The summed E-state index contributed by atoms with van der Waals surface area (Å²) < 4.78 is 21.0. The highest BCUT2D eigenvalue weighted by Gasteiger charge is 2.51. The first-order valence-electron chi connectivity index (χ1n) is 11.6. The fourth-order valence-electron chi connectivity index (χ4n) is 4.65. The van der Waals surface area contributed by atoms with E-state index in [0.717, 1.165) is 56.4 Å². The lowest BCUT2D eigenvalue weighted by atomic mass is 9.79. The van der Waals surface area contributed by atoms with Crippen LogP contribution in [0.3, 0.4) is 0 Å². The number of aryl methyl sites for hydroxylation is 1. The Hall–Kier alpha value is -3.09. The van der Waals surface area contributed by atoms with Crippen molar-refractivity contribution in [3.63, 3.8) is 0 Å². The Labute approximate surface area is 193 Å². The Morgan fingerprint density at radius 1 is 0.848 bits per heavy atom. The second kappa shape index (κ2) is 6.96. The van der Waals surface area contributed by atoms with E-state index in [1.54, 1.807) is 0 Å². The van der Waals surface area contributed by atoms with Crippen LogP contribution in [0.2, 0.25) is 0 Å². The smallest absolute Gasteiger partial charge is 0.456 e. The predicted molar refractivity (Wildman–Crippen MR) is 133 cm³/mol. The molecule has 1 aliphatic heterocycles. The van der Waals surface area contributed by atoms with Crippen molar-refractivity contribution >= 4 is 45.6 Å². The number of benzene rings is 3. The highest BCUT2D eigenvalue weighted by molar-refractivity contribution is 6.62. The Morgan fingerprint density at radius 3 is 2.24 bits per heavy atom. The molecule has 0 amide bonds. The number of hydrogen-bond acceptors (Lipinski definition) is 4. The molecule has 6 rings (SSSR count). The molecule has 0 radical (unpaired) electrons. The van der Waals surface area contributed by atoms with Crippen molar-refractivity contribution in [3.8, 4) is 5.69 Å². The molecule has 33 heavy (non-hydrogen) atoms. The van der Waals surface area contributed by atoms with Crippen molar-refractivity contribution in [2.75, 3.05) is 0 Å². The number of rotatable bonds is 3. The van der Waals surface area contributed by atoms with E-state index in [-0.39, 0.29) is 11.2 Å². The molecule has 0 N–H and O–H groups in total. The molecule has 166 valence electrons. The molecule has 5 nitrogen and oxygen atoms in total. The van der Waals surface area contributed by atoms with Gasteiger partial charge in [0.2, 0.25) is 0 Å². The molecule has 0 aliphatic carbocycles. The minimum absolute atomic E-state index is 0.375. The summed E-state index contributed by atoms with van der Waals surface area (Å²) in [6.45, 7) is 10.4. The van der Waals surface area contributed by atoms with E-state index in [1.165, 1.54) is 0 Å². The lowest BCUT2D eigenvalue weighted by molar-refractivity contribution is 0.00578. The molecule has 0 unspecified atom stereocenters. The van der Waals surface area contributed by atoms with Crippen LogP contribution in [-0.2, 0) is 15.7 Å². The van der Waals surface area contributed by atoms with E-state index < -0.39 is 7.12 Å². The molecule has 1 saturated heterocycles. The molecule has 5 aromatic rings. The average molecular weight is 438 g/mol. The first-order valence-corrected chi connectivity index (χ1v) is 11.6. The van der Waals surface area contributed by atoms with E-state index in [0.29, 0.717) is 0 Å². The van der Waals surface area contributed by atoms with E-state index in [4.69, 9.17) is 18.7 Å². The maximum Gasteiger partial charge on any atom is 0.494 e. The molecule has 2 aromatic heterocycles. The van der Waals surface area contributed by atoms with Crippen LogP contribution < -0.4 is 5.46 Å². The van der Waals surface area contributed by atoms with Gasteiger partial charge in [-0.1, -0.05) is 31.2 Å². The lowest BCUT2D eigenvalue weighted by Crippen LogP contribution is -2.41. The number of fused-ring (bicyclic) bond motifs is 4. The number of aromatic nitrogens is 2. The first-order chi connectivity index (χ1) is 15.8. The Balaban J connectivity index is 1.45. The Morgan fingerprint density at radius 2 is 1.52 bits per heavy atom. The molecule has 0 atom stereocenters. The number of hydrogen-bond donors (Lipinski definition) is 0. The van der Waals surface area contributed by atoms with Crippen LogP contribution in [0.5, 0.6) is 0 Å². The summed E-state index contributed by atoms with van der Waals surface area (Å²) in [4.78, 5) is 4.81. The molecule has 0 bridgehead atoms. The summed E-state index contributed by atoms with van der Waals surface area (Å²) in [6, 6.07) is 20.9. The fraction of sp³-hybridized carbons (Fsp3) is 0.296. The van der Waals surface area contributed by atoms with Crippen molar-refractivity contribution in [1.82, 2.24) is 9.55 Å². The van der Waals surface area contributed by atoms with E-state index >= 15 is 0 Å². The van der Waals surface area contributed by atoms with Gasteiger partial charge in [0.15, 0.2) is 0 Å². The van der Waals surface area contributed by atoms with Gasteiger partial charge in [-0.2, -0.15) is 0 Å². The average Bonchev–Trinajstić information content (AvgIpc) is 3.41. The maximum atomic E-state index is 6.34. The van der Waals surface area contributed by atoms with Crippen molar-refractivity contribution in [3.05, 3.63) is 66.5 Å². The van der Waals surface area contributed by atoms with Gasteiger partial charge >= 0.3 is 7.12 Å². The minimum Gasteiger partial charge on any atom is -0.456 e. The van der Waals surface area contributed by atoms with Crippen LogP contribution >= 0.6 is 0 Å². The van der Waals surface area contributed by atoms with Crippen LogP contribution in [0.1, 0.15) is 40.4 Å². The lowest BCUT2D eigenvalue weighted by Gasteiger charge is -2.32. The van der Waals surface area contributed by atoms with Crippen molar-refractivity contribution < 1.29 is 13.7 Å². The van der Waals surface area contributed by atoms with Crippen LogP contribution in [-0.4, -0.2) is 27.9 Å². The van der Waals surface area contributed by atoms with Gasteiger partial charge in [0, 0.05) is 23.3 Å². The fourth-order valence-corrected chi connectivity index (χ4v) is 4.65. The van der Waals surface area contributed by atoms with Gasteiger partial charge in [-0.05, 0) is 63.5 Å². The second-order valence-electron chi connectivity index (χ2n) is 9.83. The highest BCUT2D eigenvalue weighted by Crippen LogP contribution is 2.37. The van der Waals surface area contributed by atoms with E-state index in [1.807, 2.05) is 12.1 Å². The molecule has 3 aromatic carbocycles. The van der Waals surface area contributed by atoms with Crippen LogP contribution in [0, 0.1) is 0 Å². The number of furan rings is 1. The molecule has 1 aliphatic rings. The van der Waals surface area contributed by atoms with Crippen molar-refractivity contribution in [2.24, 2.45) is 0 Å². The van der Waals surface area contributed by atoms with Crippen molar-refractivity contribution in [2.45, 2.75) is 52.2 Å². The summed E-state index contributed by atoms with van der Waals surface area (Å²) in [5, 5.41) is 2.18. The van der Waals surface area contributed by atoms with Gasteiger partial charge in [-0.15, -0.1) is 0 Å². The maximum absolute atomic E-state index is 6.34. The number of imidazole rings is 1. The zero-order valence-corrected chi connectivity index (χ0v) is 19.7. The second-order valence-corrected chi connectivity index (χ2v) is 9.83. The zero-order chi connectivity index (χ0) is 23.0. The van der Waals surface area contributed by atoms with Gasteiger partial charge < -0.3 is 13.7 Å². The normalized spacial score (nSPS) is 17.5. The molecule has 6 heteroatoms. The summed E-state index contributed by atoms with van der Waals surface area (Å²) in [5.74, 6) is 1.04. The van der Waals surface area contributed by atoms with Gasteiger partial charge in [-0.3, -0.25) is 4.57 Å². The summed E-state index contributed by atoms with van der Waals surface area (Å²) >= 11 is 0.